The minimum absolute atomic E-state index is 0.0341. The van der Waals surface area contributed by atoms with E-state index in [1.54, 1.807) is 0 Å². The van der Waals surface area contributed by atoms with E-state index in [1.807, 2.05) is 0 Å². The van der Waals surface area contributed by atoms with Gasteiger partial charge in [-0.1, -0.05) is 13.0 Å². The van der Waals surface area contributed by atoms with Crippen LogP contribution in [-0.2, 0) is 14.6 Å². The Hall–Kier alpha value is -1.89. The highest BCUT2D eigenvalue weighted by molar-refractivity contribution is 7.90. The molecule has 23 heavy (non-hydrogen) atoms. The van der Waals surface area contributed by atoms with Gasteiger partial charge in [-0.05, 0) is 49.8 Å². The van der Waals surface area contributed by atoms with E-state index in [0.717, 1.165) is 19.1 Å². The van der Waals surface area contributed by atoms with E-state index in [4.69, 9.17) is 0 Å². The van der Waals surface area contributed by atoms with E-state index in [9.17, 15) is 23.1 Å². The average Bonchev–Trinajstić information content (AvgIpc) is 2.49. The molecule has 0 bridgehead atoms. The lowest BCUT2D eigenvalue weighted by Crippen LogP contribution is -2.56. The highest BCUT2D eigenvalue weighted by Gasteiger charge is 2.42. The second-order valence-electron chi connectivity index (χ2n) is 6.32. The minimum Gasteiger partial charge on any atom is -0.480 e. The molecule has 1 aromatic carbocycles. The summed E-state index contributed by atoms with van der Waals surface area (Å²) in [5, 5.41) is 12.2. The standard InChI is InChI=1S/C16H21NO5S/c1-11-6-8-16(9-7-11,15(19)20)17-14(18)12-4-3-5-13(10-12)23(2,21)22/h3-5,10-11H,6-9H2,1-2H3,(H,17,18)(H,19,20). The Balaban J connectivity index is 2.25. The Morgan fingerprint density at radius 1 is 1.26 bits per heavy atom. The number of amides is 1. The lowest BCUT2D eigenvalue weighted by atomic mass is 9.77. The first kappa shape index (κ1) is 17.5. The van der Waals surface area contributed by atoms with E-state index >= 15 is 0 Å². The molecule has 0 unspecified atom stereocenters. The Morgan fingerprint density at radius 2 is 1.87 bits per heavy atom. The Bertz CT molecular complexity index is 718. The van der Waals surface area contributed by atoms with Gasteiger partial charge in [0.1, 0.15) is 5.54 Å². The van der Waals surface area contributed by atoms with Crippen molar-refractivity contribution in [2.75, 3.05) is 6.26 Å². The zero-order chi connectivity index (χ0) is 17.3. The first-order chi connectivity index (χ1) is 10.6. The number of hydrogen-bond donors (Lipinski definition) is 2. The van der Waals surface area contributed by atoms with Crippen molar-refractivity contribution >= 4 is 21.7 Å². The Kier molecular flexibility index (Phi) is 4.79. The molecule has 0 spiro atoms. The molecule has 1 aliphatic carbocycles. The Labute approximate surface area is 135 Å². The van der Waals surface area contributed by atoms with Crippen molar-refractivity contribution in [1.82, 2.24) is 5.32 Å². The molecule has 0 aliphatic heterocycles. The van der Waals surface area contributed by atoms with Gasteiger partial charge in [0.25, 0.3) is 5.91 Å². The first-order valence-corrected chi connectivity index (χ1v) is 9.39. The number of hydrogen-bond acceptors (Lipinski definition) is 4. The summed E-state index contributed by atoms with van der Waals surface area (Å²) in [5.74, 6) is -1.17. The SMILES string of the molecule is CC1CCC(NC(=O)c2cccc(S(C)(=O)=O)c2)(C(=O)O)CC1. The molecule has 126 valence electrons. The summed E-state index contributed by atoms with van der Waals surface area (Å²) >= 11 is 0. The summed E-state index contributed by atoms with van der Waals surface area (Å²) in [6.07, 6.45) is 3.28. The summed E-state index contributed by atoms with van der Waals surface area (Å²) in [6.45, 7) is 2.06. The highest BCUT2D eigenvalue weighted by Crippen LogP contribution is 2.32. The number of benzene rings is 1. The van der Waals surface area contributed by atoms with E-state index < -0.39 is 27.3 Å². The van der Waals surface area contributed by atoms with Crippen molar-refractivity contribution in [3.8, 4) is 0 Å². The molecule has 0 aromatic heterocycles. The second kappa shape index (κ2) is 6.31. The monoisotopic (exact) mass is 339 g/mol. The number of nitrogens with one attached hydrogen (secondary N) is 1. The van der Waals surface area contributed by atoms with Gasteiger partial charge in [-0.3, -0.25) is 4.79 Å². The van der Waals surface area contributed by atoms with Crippen LogP contribution in [0, 0.1) is 5.92 Å². The molecule has 1 saturated carbocycles. The molecule has 6 nitrogen and oxygen atoms in total. The fourth-order valence-electron chi connectivity index (χ4n) is 2.80. The topological polar surface area (TPSA) is 101 Å². The van der Waals surface area contributed by atoms with Crippen LogP contribution < -0.4 is 5.32 Å². The number of carbonyl (C=O) groups is 2. The maximum absolute atomic E-state index is 12.4. The van der Waals surface area contributed by atoms with Crippen molar-refractivity contribution in [3.63, 3.8) is 0 Å². The van der Waals surface area contributed by atoms with Crippen LogP contribution in [0.3, 0.4) is 0 Å². The van der Waals surface area contributed by atoms with Crippen LogP contribution in [0.2, 0.25) is 0 Å². The van der Waals surface area contributed by atoms with Gasteiger partial charge >= 0.3 is 5.97 Å². The predicted octanol–water partition coefficient (Wildman–Crippen LogP) is 1.85. The third-order valence-corrected chi connectivity index (χ3v) is 5.52. The summed E-state index contributed by atoms with van der Waals surface area (Å²) in [4.78, 5) is 24.1. The quantitative estimate of drug-likeness (QED) is 0.872. The van der Waals surface area contributed by atoms with Crippen LogP contribution in [0.15, 0.2) is 29.2 Å². The van der Waals surface area contributed by atoms with Gasteiger partial charge in [0.15, 0.2) is 9.84 Å². The average molecular weight is 339 g/mol. The summed E-state index contributed by atoms with van der Waals surface area (Å²) < 4.78 is 23.2. The molecule has 1 aliphatic rings. The molecule has 0 heterocycles. The summed E-state index contributed by atoms with van der Waals surface area (Å²) in [7, 11) is -3.43. The minimum atomic E-state index is -3.43. The zero-order valence-electron chi connectivity index (χ0n) is 13.2. The number of carboxylic acid groups (broad SMARTS) is 1. The fourth-order valence-corrected chi connectivity index (χ4v) is 3.47. The number of rotatable bonds is 4. The van der Waals surface area contributed by atoms with Gasteiger partial charge in [-0.2, -0.15) is 0 Å². The molecular formula is C16H21NO5S. The highest BCUT2D eigenvalue weighted by atomic mass is 32.2. The van der Waals surface area contributed by atoms with Crippen molar-refractivity contribution in [1.29, 1.82) is 0 Å². The van der Waals surface area contributed by atoms with E-state index in [2.05, 4.69) is 12.2 Å². The Morgan fingerprint density at radius 3 is 2.39 bits per heavy atom. The van der Waals surface area contributed by atoms with Gasteiger partial charge in [0.05, 0.1) is 4.90 Å². The number of aliphatic carboxylic acids is 1. The van der Waals surface area contributed by atoms with Gasteiger partial charge < -0.3 is 10.4 Å². The maximum Gasteiger partial charge on any atom is 0.329 e. The molecule has 0 saturated heterocycles. The number of carboxylic acids is 1. The van der Waals surface area contributed by atoms with E-state index in [-0.39, 0.29) is 10.5 Å². The molecule has 0 radical (unpaired) electrons. The van der Waals surface area contributed by atoms with Gasteiger partial charge in [0.2, 0.25) is 0 Å². The maximum atomic E-state index is 12.4. The van der Waals surface area contributed by atoms with E-state index in [0.29, 0.717) is 18.8 Å². The van der Waals surface area contributed by atoms with Gasteiger partial charge in [-0.15, -0.1) is 0 Å². The third-order valence-electron chi connectivity index (χ3n) is 4.41. The molecule has 0 atom stereocenters. The first-order valence-electron chi connectivity index (χ1n) is 7.50. The van der Waals surface area contributed by atoms with Gasteiger partial charge in [0, 0.05) is 11.8 Å². The van der Waals surface area contributed by atoms with Crippen molar-refractivity contribution < 1.29 is 23.1 Å². The smallest absolute Gasteiger partial charge is 0.329 e. The van der Waals surface area contributed by atoms with Gasteiger partial charge in [-0.25, -0.2) is 13.2 Å². The normalized spacial score (nSPS) is 24.9. The van der Waals surface area contributed by atoms with E-state index in [1.165, 1.54) is 24.3 Å². The predicted molar refractivity (Wildman–Crippen MR) is 85.0 cm³/mol. The van der Waals surface area contributed by atoms with Crippen molar-refractivity contribution in [2.45, 2.75) is 43.0 Å². The third kappa shape index (κ3) is 3.90. The molecule has 7 heteroatoms. The molecule has 2 N–H and O–H groups in total. The molecule has 2 rings (SSSR count). The second-order valence-corrected chi connectivity index (χ2v) is 8.34. The molecule has 1 amide bonds. The number of carbonyl (C=O) groups excluding carboxylic acids is 1. The van der Waals surface area contributed by atoms with Crippen LogP contribution in [0.25, 0.3) is 0 Å². The van der Waals surface area contributed by atoms with Crippen molar-refractivity contribution in [2.24, 2.45) is 5.92 Å². The zero-order valence-corrected chi connectivity index (χ0v) is 14.0. The molecular weight excluding hydrogens is 318 g/mol. The van der Waals surface area contributed by atoms with Crippen LogP contribution in [0.5, 0.6) is 0 Å². The van der Waals surface area contributed by atoms with Crippen LogP contribution in [0.4, 0.5) is 0 Å². The van der Waals surface area contributed by atoms with Crippen LogP contribution in [0.1, 0.15) is 43.0 Å². The van der Waals surface area contributed by atoms with Crippen LogP contribution in [-0.4, -0.2) is 37.2 Å². The van der Waals surface area contributed by atoms with Crippen LogP contribution >= 0.6 is 0 Å². The lowest BCUT2D eigenvalue weighted by Gasteiger charge is -2.36. The summed E-state index contributed by atoms with van der Waals surface area (Å²) in [6, 6.07) is 5.62. The molecule has 1 fully saturated rings. The fraction of sp³-hybridized carbons (Fsp3) is 0.500. The van der Waals surface area contributed by atoms with Crippen molar-refractivity contribution in [3.05, 3.63) is 29.8 Å². The molecule has 1 aromatic rings. The lowest BCUT2D eigenvalue weighted by molar-refractivity contribution is -0.146. The summed E-state index contributed by atoms with van der Waals surface area (Å²) in [5.41, 5.74) is -1.13. The number of sulfone groups is 1. The largest absolute Gasteiger partial charge is 0.480 e.